The molecule has 4 aliphatic carbocycles. The van der Waals surface area contributed by atoms with E-state index < -0.39 is 11.9 Å². The molecule has 2 N–H and O–H groups in total. The zero-order valence-corrected chi connectivity index (χ0v) is 17.0. The highest BCUT2D eigenvalue weighted by Crippen LogP contribution is 2.68. The molecule has 5 rings (SSSR count). The molecule has 0 bridgehead atoms. The van der Waals surface area contributed by atoms with Gasteiger partial charge in [-0.15, -0.1) is 0 Å². The quantitative estimate of drug-likeness (QED) is 0.685. The van der Waals surface area contributed by atoms with E-state index in [1.165, 1.54) is 12.0 Å². The van der Waals surface area contributed by atoms with E-state index in [2.05, 4.69) is 26.8 Å². The number of aliphatic hydroxyl groups excluding tert-OH is 1. The molecule has 27 heavy (non-hydrogen) atoms. The summed E-state index contributed by atoms with van der Waals surface area (Å²) < 4.78 is 20.3. The molecule has 0 spiro atoms. The first-order chi connectivity index (χ1) is 13.1. The van der Waals surface area contributed by atoms with Gasteiger partial charge in [0.05, 0.1) is 26.8 Å². The van der Waals surface area contributed by atoms with Gasteiger partial charge >= 0.3 is 0 Å². The third-order valence-electron chi connectivity index (χ3n) is 9.38. The van der Waals surface area contributed by atoms with Gasteiger partial charge in [-0.25, -0.2) is 0 Å². The van der Waals surface area contributed by atoms with Crippen molar-refractivity contribution in [2.24, 2.45) is 34.5 Å². The number of rotatable bonds is 1. The van der Waals surface area contributed by atoms with Crippen molar-refractivity contribution in [1.29, 1.82) is 0 Å². The maximum Gasteiger partial charge on any atom is 0.169 e. The first-order valence-electron chi connectivity index (χ1n) is 11.5. The fraction of sp³-hybridized carbons (Fsp3) is 0.913. The summed E-state index contributed by atoms with van der Waals surface area (Å²) in [6.45, 7) is 8.10. The van der Waals surface area contributed by atoms with Crippen LogP contribution in [0, 0.1) is 34.5 Å². The highest BCUT2D eigenvalue weighted by Gasteiger charge is 2.65. The second kappa shape index (κ2) is 6.04. The minimum Gasteiger partial charge on any atom is -0.393 e. The molecule has 0 radical (unpaired) electrons. The van der Waals surface area contributed by atoms with E-state index in [9.17, 15) is 10.2 Å². The molecule has 4 heteroatoms. The van der Waals surface area contributed by atoms with Gasteiger partial charge in [0.15, 0.2) is 5.79 Å². The van der Waals surface area contributed by atoms with Gasteiger partial charge in [0, 0.05) is 5.92 Å². The van der Waals surface area contributed by atoms with Crippen LogP contribution in [-0.2, 0) is 9.47 Å². The van der Waals surface area contributed by atoms with E-state index in [1.807, 2.05) is 0 Å². The summed E-state index contributed by atoms with van der Waals surface area (Å²) >= 11 is 0. The van der Waals surface area contributed by atoms with Crippen LogP contribution in [0.2, 0.25) is 0 Å². The fourth-order valence-corrected chi connectivity index (χ4v) is 8.21. The van der Waals surface area contributed by atoms with Gasteiger partial charge in [-0.2, -0.15) is 0 Å². The number of ether oxygens (including phenoxy) is 2. The summed E-state index contributed by atoms with van der Waals surface area (Å²) in [5, 5.41) is 21.8. The molecule has 0 aromatic heterocycles. The van der Waals surface area contributed by atoms with Crippen molar-refractivity contribution in [3.8, 4) is 0 Å². The SMILES string of the molecule is [2H][C@]1(O)CC[C@@]2(C)C(=CCC3C2C(O)C[C@@]2(C)C3CC[C@@H]2C2(C)OCCO2)C1. The van der Waals surface area contributed by atoms with Crippen LogP contribution in [0.15, 0.2) is 11.6 Å². The van der Waals surface area contributed by atoms with Crippen molar-refractivity contribution in [2.45, 2.75) is 83.7 Å². The summed E-state index contributed by atoms with van der Waals surface area (Å²) in [7, 11) is 0. The van der Waals surface area contributed by atoms with E-state index in [0.717, 1.165) is 25.7 Å². The molecule has 4 nitrogen and oxygen atoms in total. The maximum atomic E-state index is 11.5. The molecule has 5 aliphatic rings. The second-order valence-corrected chi connectivity index (χ2v) is 10.5. The Labute approximate surface area is 164 Å². The smallest absolute Gasteiger partial charge is 0.169 e. The summed E-state index contributed by atoms with van der Waals surface area (Å²) in [5.41, 5.74) is 1.16. The van der Waals surface area contributed by atoms with Crippen molar-refractivity contribution in [2.75, 3.05) is 13.2 Å². The Balaban J connectivity index is 1.49. The van der Waals surface area contributed by atoms with Crippen LogP contribution >= 0.6 is 0 Å². The predicted molar refractivity (Wildman–Crippen MR) is 103 cm³/mol. The van der Waals surface area contributed by atoms with E-state index in [-0.39, 0.29) is 22.9 Å². The summed E-state index contributed by atoms with van der Waals surface area (Å²) in [5.74, 6) is 1.09. The lowest BCUT2D eigenvalue weighted by Crippen LogP contribution is -2.58. The van der Waals surface area contributed by atoms with Gasteiger partial charge in [-0.3, -0.25) is 0 Å². The normalized spacial score (nSPS) is 57.3. The van der Waals surface area contributed by atoms with Crippen molar-refractivity contribution in [1.82, 2.24) is 0 Å². The average Bonchev–Trinajstić information content (AvgIpc) is 3.19. The van der Waals surface area contributed by atoms with Crippen LogP contribution < -0.4 is 0 Å². The monoisotopic (exact) mass is 377 g/mol. The molecule has 1 saturated heterocycles. The minimum absolute atomic E-state index is 0.0339. The molecule has 0 aromatic carbocycles. The van der Waals surface area contributed by atoms with E-state index in [4.69, 9.17) is 10.8 Å². The molecule has 8 atom stereocenters. The van der Waals surface area contributed by atoms with Crippen LogP contribution in [0.4, 0.5) is 0 Å². The molecule has 3 saturated carbocycles. The Kier molecular flexibility index (Phi) is 3.90. The van der Waals surface area contributed by atoms with E-state index in [1.54, 1.807) is 0 Å². The van der Waals surface area contributed by atoms with Crippen LogP contribution in [0.25, 0.3) is 0 Å². The highest BCUT2D eigenvalue weighted by atomic mass is 16.7. The maximum absolute atomic E-state index is 11.5. The number of hydrogen-bond acceptors (Lipinski definition) is 4. The number of fused-ring (bicyclic) bond motifs is 5. The van der Waals surface area contributed by atoms with Gasteiger partial charge in [-0.1, -0.05) is 25.5 Å². The standard InChI is InChI=1S/C23H36O4/c1-21-9-8-15(24)12-14(21)4-5-16-17-6-7-19(23(3)26-10-11-27-23)22(17,2)13-18(25)20(16)21/h4,15-20,24-25H,5-13H2,1-3H3/t15-,16?,17?,18?,19-,20?,21-,22-/m0/s1/i15D. The largest absolute Gasteiger partial charge is 0.393 e. The number of hydrogen-bond donors (Lipinski definition) is 2. The first-order valence-corrected chi connectivity index (χ1v) is 11.0. The summed E-state index contributed by atoms with van der Waals surface area (Å²) in [4.78, 5) is 0. The first kappa shape index (κ1) is 17.4. The highest BCUT2D eigenvalue weighted by molar-refractivity contribution is 5.26. The summed E-state index contributed by atoms with van der Waals surface area (Å²) in [6, 6.07) is 0. The van der Waals surface area contributed by atoms with Crippen molar-refractivity contribution in [3.05, 3.63) is 11.6 Å². The zero-order valence-electron chi connectivity index (χ0n) is 18.0. The van der Waals surface area contributed by atoms with Gasteiger partial charge in [0.25, 0.3) is 0 Å². The second-order valence-electron chi connectivity index (χ2n) is 10.5. The predicted octanol–water partition coefficient (Wildman–Crippen LogP) is 3.66. The van der Waals surface area contributed by atoms with Crippen molar-refractivity contribution < 1.29 is 21.1 Å². The molecule has 0 aromatic rings. The zero-order chi connectivity index (χ0) is 19.9. The summed E-state index contributed by atoms with van der Waals surface area (Å²) in [6.07, 6.45) is 6.42. The van der Waals surface area contributed by atoms with Crippen molar-refractivity contribution in [3.63, 3.8) is 0 Å². The lowest BCUT2D eigenvalue weighted by atomic mass is 9.46. The van der Waals surface area contributed by atoms with Crippen molar-refractivity contribution >= 4 is 0 Å². The molecule has 152 valence electrons. The molecular formula is C23H36O4. The molecular weight excluding hydrogens is 340 g/mol. The fourth-order valence-electron chi connectivity index (χ4n) is 8.21. The van der Waals surface area contributed by atoms with Gasteiger partial charge in [0.1, 0.15) is 0 Å². The van der Waals surface area contributed by atoms with Crippen LogP contribution in [0.1, 0.15) is 67.1 Å². The molecule has 1 heterocycles. The third kappa shape index (κ3) is 2.49. The van der Waals surface area contributed by atoms with E-state index in [0.29, 0.717) is 43.8 Å². The van der Waals surface area contributed by atoms with Gasteiger partial charge in [0.2, 0.25) is 0 Å². The Hall–Kier alpha value is -0.420. The molecule has 4 fully saturated rings. The van der Waals surface area contributed by atoms with Crippen LogP contribution in [0.3, 0.4) is 0 Å². The van der Waals surface area contributed by atoms with Crippen LogP contribution in [0.5, 0.6) is 0 Å². The average molecular weight is 378 g/mol. The van der Waals surface area contributed by atoms with E-state index >= 15 is 0 Å². The number of allylic oxidation sites excluding steroid dienone is 1. The lowest BCUT2D eigenvalue weighted by molar-refractivity contribution is -0.223. The van der Waals surface area contributed by atoms with Gasteiger partial charge in [-0.05, 0) is 80.5 Å². The minimum atomic E-state index is -1.34. The molecule has 4 unspecified atom stereocenters. The Morgan fingerprint density at radius 2 is 1.85 bits per heavy atom. The topological polar surface area (TPSA) is 58.9 Å². The van der Waals surface area contributed by atoms with Crippen LogP contribution in [-0.4, -0.2) is 41.4 Å². The third-order valence-corrected chi connectivity index (χ3v) is 9.38. The molecule has 1 aliphatic heterocycles. The number of aliphatic hydroxyl groups is 2. The Morgan fingerprint density at radius 3 is 2.59 bits per heavy atom. The Morgan fingerprint density at radius 1 is 1.11 bits per heavy atom. The Bertz CT molecular complexity index is 684. The molecule has 0 amide bonds. The van der Waals surface area contributed by atoms with Gasteiger partial charge < -0.3 is 19.7 Å². The lowest BCUT2D eigenvalue weighted by Gasteiger charge is -2.60.